The Bertz CT molecular complexity index is 1010. The van der Waals surface area contributed by atoms with Crippen LogP contribution in [0.2, 0.25) is 5.02 Å². The first-order chi connectivity index (χ1) is 13.6. The van der Waals surface area contributed by atoms with Crippen LogP contribution in [0.3, 0.4) is 0 Å². The summed E-state index contributed by atoms with van der Waals surface area (Å²) in [7, 11) is 0. The quantitative estimate of drug-likeness (QED) is 0.691. The number of hydrogen-bond donors (Lipinski definition) is 1. The zero-order chi connectivity index (χ0) is 19.5. The first kappa shape index (κ1) is 18.2. The third-order valence-electron chi connectivity index (χ3n) is 4.42. The maximum absolute atomic E-state index is 12.2. The summed E-state index contributed by atoms with van der Waals surface area (Å²) in [5, 5.41) is 3.77. The predicted octanol–water partition coefficient (Wildman–Crippen LogP) is 4.67. The van der Waals surface area contributed by atoms with Gasteiger partial charge in [-0.15, -0.1) is 0 Å². The number of nitrogens with one attached hydrogen (secondary N) is 1. The molecule has 7 nitrogen and oxygen atoms in total. The molecule has 0 saturated carbocycles. The lowest BCUT2D eigenvalue weighted by molar-refractivity contribution is 0.131. The number of carbonyl (C=O) groups excluding carboxylic acids is 1. The van der Waals surface area contributed by atoms with Crippen LogP contribution in [0.4, 0.5) is 22.2 Å². The maximum atomic E-state index is 12.2. The van der Waals surface area contributed by atoms with Gasteiger partial charge in [0.05, 0.1) is 12.3 Å². The molecule has 1 amide bonds. The van der Waals surface area contributed by atoms with Gasteiger partial charge < -0.3 is 10.1 Å². The first-order valence-electron chi connectivity index (χ1n) is 8.88. The van der Waals surface area contributed by atoms with Crippen LogP contribution >= 0.6 is 11.6 Å². The average molecular weight is 396 g/mol. The Morgan fingerprint density at radius 1 is 1.18 bits per heavy atom. The van der Waals surface area contributed by atoms with Crippen molar-refractivity contribution in [1.82, 2.24) is 15.0 Å². The number of nitrogens with zero attached hydrogens (tertiary/aromatic N) is 4. The fourth-order valence-electron chi connectivity index (χ4n) is 3.00. The molecule has 1 saturated heterocycles. The van der Waals surface area contributed by atoms with Crippen molar-refractivity contribution in [2.75, 3.05) is 16.8 Å². The number of anilines is 3. The van der Waals surface area contributed by atoms with Crippen molar-refractivity contribution in [3.63, 3.8) is 0 Å². The number of ether oxygens (including phenoxy) is 1. The van der Waals surface area contributed by atoms with Crippen molar-refractivity contribution in [2.24, 2.45) is 0 Å². The van der Waals surface area contributed by atoms with Crippen LogP contribution in [0.5, 0.6) is 0 Å². The zero-order valence-corrected chi connectivity index (χ0v) is 15.9. The van der Waals surface area contributed by atoms with Gasteiger partial charge in [0.15, 0.2) is 0 Å². The summed E-state index contributed by atoms with van der Waals surface area (Å²) in [6.45, 7) is 2.41. The first-order valence-corrected chi connectivity index (χ1v) is 9.26. The molecule has 8 heteroatoms. The lowest BCUT2D eigenvalue weighted by atomic mass is 10.1. The van der Waals surface area contributed by atoms with Crippen molar-refractivity contribution in [3.8, 4) is 11.3 Å². The van der Waals surface area contributed by atoms with E-state index in [1.807, 2.05) is 31.2 Å². The molecule has 28 heavy (non-hydrogen) atoms. The predicted molar refractivity (Wildman–Crippen MR) is 108 cm³/mol. The molecule has 3 heterocycles. The molecular weight excluding hydrogens is 378 g/mol. The Labute approximate surface area is 167 Å². The Morgan fingerprint density at radius 2 is 2.04 bits per heavy atom. The standard InChI is InChI=1S/C20H18ClN5O2/c1-13-7-10-28-20(27)26(13)18-11-14(5-8-22-18)17-6-9-23-19(25-17)24-16-4-2-3-15(21)12-16/h2-6,8-9,11-13H,7,10H2,1H3,(H,23,24,25). The molecule has 2 aromatic heterocycles. The van der Waals surface area contributed by atoms with Gasteiger partial charge in [0.25, 0.3) is 0 Å². The minimum atomic E-state index is -0.380. The van der Waals surface area contributed by atoms with Crippen molar-refractivity contribution >= 4 is 35.1 Å². The maximum Gasteiger partial charge on any atom is 0.415 e. The Morgan fingerprint density at radius 3 is 2.86 bits per heavy atom. The van der Waals surface area contributed by atoms with Gasteiger partial charge in [-0.2, -0.15) is 0 Å². The topological polar surface area (TPSA) is 80.2 Å². The highest BCUT2D eigenvalue weighted by Gasteiger charge is 2.29. The van der Waals surface area contributed by atoms with Gasteiger partial charge in [0, 0.05) is 41.1 Å². The van der Waals surface area contributed by atoms with Gasteiger partial charge in [0.2, 0.25) is 5.95 Å². The number of aromatic nitrogens is 3. The second-order valence-corrected chi connectivity index (χ2v) is 6.86. The van der Waals surface area contributed by atoms with Crippen LogP contribution < -0.4 is 10.2 Å². The largest absolute Gasteiger partial charge is 0.449 e. The Balaban J connectivity index is 1.62. The van der Waals surface area contributed by atoms with E-state index in [0.717, 1.165) is 17.7 Å². The summed E-state index contributed by atoms with van der Waals surface area (Å²) in [6.07, 6.45) is 3.71. The van der Waals surface area contributed by atoms with Crippen LogP contribution in [0.15, 0.2) is 54.9 Å². The zero-order valence-electron chi connectivity index (χ0n) is 15.2. The highest BCUT2D eigenvalue weighted by molar-refractivity contribution is 6.30. The van der Waals surface area contributed by atoms with Gasteiger partial charge in [0.1, 0.15) is 5.82 Å². The molecule has 1 aliphatic rings. The van der Waals surface area contributed by atoms with Crippen LogP contribution in [0.1, 0.15) is 13.3 Å². The molecule has 0 bridgehead atoms. The van der Waals surface area contributed by atoms with Crippen LogP contribution in [0, 0.1) is 0 Å². The SMILES string of the molecule is CC1CCOC(=O)N1c1cc(-c2ccnc(Nc3cccc(Cl)c3)n2)ccn1. The van der Waals surface area contributed by atoms with Gasteiger partial charge in [-0.1, -0.05) is 17.7 Å². The fraction of sp³-hybridized carbons (Fsp3) is 0.200. The van der Waals surface area contributed by atoms with Crippen molar-refractivity contribution < 1.29 is 9.53 Å². The number of halogens is 1. The molecule has 1 unspecified atom stereocenters. The normalized spacial score (nSPS) is 16.6. The number of hydrogen-bond acceptors (Lipinski definition) is 6. The monoisotopic (exact) mass is 395 g/mol. The molecule has 1 fully saturated rings. The summed E-state index contributed by atoms with van der Waals surface area (Å²) in [5.74, 6) is 0.988. The number of pyridine rings is 1. The molecule has 0 aliphatic carbocycles. The van der Waals surface area contributed by atoms with Crippen LogP contribution in [-0.2, 0) is 4.74 Å². The molecule has 142 valence electrons. The molecule has 1 aromatic carbocycles. The third-order valence-corrected chi connectivity index (χ3v) is 4.66. The van der Waals surface area contributed by atoms with Gasteiger partial charge in [-0.25, -0.2) is 19.7 Å². The van der Waals surface area contributed by atoms with E-state index in [1.165, 1.54) is 0 Å². The summed E-state index contributed by atoms with van der Waals surface area (Å²) < 4.78 is 5.16. The average Bonchev–Trinajstić information content (AvgIpc) is 2.68. The molecular formula is C20H18ClN5O2. The molecule has 3 aromatic rings. The number of rotatable bonds is 4. The van der Waals surface area contributed by atoms with Crippen molar-refractivity contribution in [2.45, 2.75) is 19.4 Å². The van der Waals surface area contributed by atoms with E-state index in [9.17, 15) is 4.79 Å². The molecule has 1 N–H and O–H groups in total. The Hall–Kier alpha value is -3.19. The van der Waals surface area contributed by atoms with E-state index >= 15 is 0 Å². The van der Waals surface area contributed by atoms with E-state index in [2.05, 4.69) is 20.3 Å². The lowest BCUT2D eigenvalue weighted by Gasteiger charge is -2.31. The van der Waals surface area contributed by atoms with E-state index in [1.54, 1.807) is 35.5 Å². The molecule has 1 atom stereocenters. The highest BCUT2D eigenvalue weighted by atomic mass is 35.5. The smallest absolute Gasteiger partial charge is 0.415 e. The summed E-state index contributed by atoms with van der Waals surface area (Å²) in [5.41, 5.74) is 2.33. The van der Waals surface area contributed by atoms with Gasteiger partial charge in [-0.3, -0.25) is 4.90 Å². The minimum Gasteiger partial charge on any atom is -0.449 e. The second kappa shape index (κ2) is 7.82. The third kappa shape index (κ3) is 3.89. The van der Waals surface area contributed by atoms with Crippen LogP contribution in [0.25, 0.3) is 11.3 Å². The lowest BCUT2D eigenvalue weighted by Crippen LogP contribution is -2.44. The molecule has 0 spiro atoms. The van der Waals surface area contributed by atoms with Gasteiger partial charge in [-0.05, 0) is 43.3 Å². The highest BCUT2D eigenvalue weighted by Crippen LogP contribution is 2.26. The number of amides is 1. The van der Waals surface area contributed by atoms with E-state index in [0.29, 0.717) is 29.1 Å². The summed E-state index contributed by atoms with van der Waals surface area (Å²) in [6, 6.07) is 12.8. The molecule has 4 rings (SSSR count). The second-order valence-electron chi connectivity index (χ2n) is 6.43. The van der Waals surface area contributed by atoms with Crippen molar-refractivity contribution in [3.05, 3.63) is 59.9 Å². The summed E-state index contributed by atoms with van der Waals surface area (Å²) in [4.78, 5) is 26.9. The van der Waals surface area contributed by atoms with Crippen molar-refractivity contribution in [1.29, 1.82) is 0 Å². The number of benzene rings is 1. The number of carbonyl (C=O) groups is 1. The van der Waals surface area contributed by atoms with Crippen LogP contribution in [-0.4, -0.2) is 33.7 Å². The fourth-order valence-corrected chi connectivity index (χ4v) is 3.19. The van der Waals surface area contributed by atoms with E-state index in [4.69, 9.17) is 16.3 Å². The molecule has 0 radical (unpaired) electrons. The minimum absolute atomic E-state index is 0.0226. The Kier molecular flexibility index (Phi) is 5.08. The van der Waals surface area contributed by atoms with E-state index < -0.39 is 0 Å². The van der Waals surface area contributed by atoms with Gasteiger partial charge >= 0.3 is 6.09 Å². The van der Waals surface area contributed by atoms with E-state index in [-0.39, 0.29) is 12.1 Å². The number of cyclic esters (lactones) is 1. The molecule has 1 aliphatic heterocycles. The summed E-state index contributed by atoms with van der Waals surface area (Å²) >= 11 is 6.02.